The van der Waals surface area contributed by atoms with E-state index in [0.717, 1.165) is 18.5 Å². The van der Waals surface area contributed by atoms with Crippen molar-refractivity contribution < 1.29 is 4.79 Å². The Kier molecular flexibility index (Phi) is 5.66. The lowest BCUT2D eigenvalue weighted by molar-refractivity contribution is -0.122. The largest absolute Gasteiger partial charge is 0.374 e. The van der Waals surface area contributed by atoms with E-state index in [1.807, 2.05) is 19.1 Å². The Morgan fingerprint density at radius 3 is 2.52 bits per heavy atom. The third-order valence-corrected chi connectivity index (χ3v) is 4.28. The Balaban J connectivity index is 1.89. The minimum absolute atomic E-state index is 0.108. The molecule has 2 N–H and O–H groups in total. The molecular formula is C18H28N2O. The molecule has 0 bridgehead atoms. The molecule has 1 atom stereocenters. The number of rotatable bonds is 5. The van der Waals surface area contributed by atoms with Crippen LogP contribution in [0.4, 0.5) is 5.69 Å². The molecule has 116 valence electrons. The zero-order valence-electron chi connectivity index (χ0n) is 13.5. The van der Waals surface area contributed by atoms with E-state index in [9.17, 15) is 4.79 Å². The van der Waals surface area contributed by atoms with Crippen LogP contribution < -0.4 is 10.6 Å². The molecule has 0 aliphatic heterocycles. The topological polar surface area (TPSA) is 41.1 Å². The molecule has 0 saturated heterocycles. The first kappa shape index (κ1) is 15.9. The second-order valence-corrected chi connectivity index (χ2v) is 6.49. The maximum Gasteiger partial charge on any atom is 0.242 e. The van der Waals surface area contributed by atoms with Crippen molar-refractivity contribution in [3.05, 3.63) is 29.8 Å². The summed E-state index contributed by atoms with van der Waals surface area (Å²) in [6.07, 6.45) is 6.04. The van der Waals surface area contributed by atoms with E-state index in [2.05, 4.69) is 36.6 Å². The van der Waals surface area contributed by atoms with E-state index < -0.39 is 0 Å². The van der Waals surface area contributed by atoms with Crippen molar-refractivity contribution in [3.63, 3.8) is 0 Å². The molecule has 1 aromatic rings. The molecule has 0 radical (unpaired) electrons. The van der Waals surface area contributed by atoms with Crippen LogP contribution in [0.3, 0.4) is 0 Å². The first-order valence-corrected chi connectivity index (χ1v) is 8.23. The molecule has 0 aromatic heterocycles. The molecule has 1 saturated carbocycles. The maximum absolute atomic E-state index is 12.3. The van der Waals surface area contributed by atoms with Crippen LogP contribution in [-0.4, -0.2) is 18.0 Å². The van der Waals surface area contributed by atoms with Gasteiger partial charge in [0.15, 0.2) is 0 Å². The van der Waals surface area contributed by atoms with E-state index in [4.69, 9.17) is 0 Å². The summed E-state index contributed by atoms with van der Waals surface area (Å²) >= 11 is 0. The number of amides is 1. The van der Waals surface area contributed by atoms with Gasteiger partial charge in [-0.1, -0.05) is 45.2 Å². The average molecular weight is 288 g/mol. The highest BCUT2D eigenvalue weighted by Crippen LogP contribution is 2.20. The molecule has 1 fully saturated rings. The lowest BCUT2D eigenvalue weighted by Crippen LogP contribution is -2.44. The molecule has 2 rings (SSSR count). The number of hydrogen-bond donors (Lipinski definition) is 2. The summed E-state index contributed by atoms with van der Waals surface area (Å²) in [5, 5.41) is 6.49. The fraction of sp³-hybridized carbons (Fsp3) is 0.611. The number of carbonyl (C=O) groups excluding carboxylic acids is 1. The van der Waals surface area contributed by atoms with Gasteiger partial charge in [0.05, 0.1) is 0 Å². The molecule has 1 aliphatic carbocycles. The number of anilines is 1. The Bertz CT molecular complexity index is 464. The first-order chi connectivity index (χ1) is 10.1. The van der Waals surface area contributed by atoms with Gasteiger partial charge in [-0.05, 0) is 43.4 Å². The van der Waals surface area contributed by atoms with E-state index in [-0.39, 0.29) is 11.9 Å². The van der Waals surface area contributed by atoms with E-state index in [1.54, 1.807) is 0 Å². The summed E-state index contributed by atoms with van der Waals surface area (Å²) in [6, 6.07) is 8.50. The Labute approximate surface area is 128 Å². The van der Waals surface area contributed by atoms with Crippen molar-refractivity contribution in [1.29, 1.82) is 0 Å². The highest BCUT2D eigenvalue weighted by atomic mass is 16.2. The summed E-state index contributed by atoms with van der Waals surface area (Å²) in [7, 11) is 0. The van der Waals surface area contributed by atoms with Crippen molar-refractivity contribution in [1.82, 2.24) is 5.32 Å². The molecule has 1 unspecified atom stereocenters. The van der Waals surface area contributed by atoms with E-state index in [0.29, 0.717) is 12.0 Å². The SMILES string of the molecule is CC(Nc1cccc(C(C)C)c1)C(=O)NC1CCCCC1. The zero-order chi connectivity index (χ0) is 15.2. The molecule has 1 amide bonds. The quantitative estimate of drug-likeness (QED) is 0.858. The molecule has 21 heavy (non-hydrogen) atoms. The monoisotopic (exact) mass is 288 g/mol. The molecular weight excluding hydrogens is 260 g/mol. The van der Waals surface area contributed by atoms with Gasteiger partial charge in [0.1, 0.15) is 6.04 Å². The first-order valence-electron chi connectivity index (χ1n) is 8.23. The molecule has 1 aromatic carbocycles. The smallest absolute Gasteiger partial charge is 0.242 e. The summed E-state index contributed by atoms with van der Waals surface area (Å²) in [4.78, 5) is 12.3. The fourth-order valence-corrected chi connectivity index (χ4v) is 2.88. The molecule has 1 aliphatic rings. The van der Waals surface area contributed by atoms with Gasteiger partial charge in [-0.15, -0.1) is 0 Å². The van der Waals surface area contributed by atoms with Crippen LogP contribution in [0, 0.1) is 0 Å². The van der Waals surface area contributed by atoms with Gasteiger partial charge in [0.25, 0.3) is 0 Å². The maximum atomic E-state index is 12.3. The normalized spacial score (nSPS) is 17.5. The summed E-state index contributed by atoms with van der Waals surface area (Å²) in [5.74, 6) is 0.606. The van der Waals surface area contributed by atoms with Gasteiger partial charge in [0, 0.05) is 11.7 Å². The Morgan fingerprint density at radius 1 is 1.14 bits per heavy atom. The molecule has 0 heterocycles. The lowest BCUT2D eigenvalue weighted by Gasteiger charge is -2.25. The third-order valence-electron chi connectivity index (χ3n) is 4.28. The summed E-state index contributed by atoms with van der Waals surface area (Å²) in [6.45, 7) is 6.29. The van der Waals surface area contributed by atoms with Crippen LogP contribution in [-0.2, 0) is 4.79 Å². The van der Waals surface area contributed by atoms with Gasteiger partial charge in [-0.2, -0.15) is 0 Å². The van der Waals surface area contributed by atoms with Gasteiger partial charge in [-0.25, -0.2) is 0 Å². The Morgan fingerprint density at radius 2 is 1.86 bits per heavy atom. The summed E-state index contributed by atoms with van der Waals surface area (Å²) in [5.41, 5.74) is 2.31. The minimum atomic E-state index is -0.200. The van der Waals surface area contributed by atoms with Crippen molar-refractivity contribution in [2.75, 3.05) is 5.32 Å². The van der Waals surface area contributed by atoms with Crippen LogP contribution in [0.25, 0.3) is 0 Å². The van der Waals surface area contributed by atoms with Crippen LogP contribution in [0.1, 0.15) is 64.4 Å². The van der Waals surface area contributed by atoms with E-state index >= 15 is 0 Å². The highest BCUT2D eigenvalue weighted by molar-refractivity contribution is 5.84. The fourth-order valence-electron chi connectivity index (χ4n) is 2.88. The number of benzene rings is 1. The van der Waals surface area contributed by atoms with Gasteiger partial charge < -0.3 is 10.6 Å². The second kappa shape index (κ2) is 7.48. The van der Waals surface area contributed by atoms with Crippen LogP contribution in [0.5, 0.6) is 0 Å². The number of carbonyl (C=O) groups is 1. The van der Waals surface area contributed by atoms with Crippen molar-refractivity contribution in [3.8, 4) is 0 Å². The lowest BCUT2D eigenvalue weighted by atomic mass is 9.95. The minimum Gasteiger partial charge on any atom is -0.374 e. The highest BCUT2D eigenvalue weighted by Gasteiger charge is 2.19. The van der Waals surface area contributed by atoms with Crippen LogP contribution in [0.15, 0.2) is 24.3 Å². The molecule has 3 nitrogen and oxygen atoms in total. The van der Waals surface area contributed by atoms with Crippen molar-refractivity contribution in [2.24, 2.45) is 0 Å². The van der Waals surface area contributed by atoms with Gasteiger partial charge in [0.2, 0.25) is 5.91 Å². The van der Waals surface area contributed by atoms with E-state index in [1.165, 1.54) is 24.8 Å². The van der Waals surface area contributed by atoms with Crippen molar-refractivity contribution >= 4 is 11.6 Å². The van der Waals surface area contributed by atoms with Crippen LogP contribution in [0.2, 0.25) is 0 Å². The number of hydrogen-bond acceptors (Lipinski definition) is 2. The van der Waals surface area contributed by atoms with Gasteiger partial charge >= 0.3 is 0 Å². The third kappa shape index (κ3) is 4.76. The van der Waals surface area contributed by atoms with Crippen molar-refractivity contribution in [2.45, 2.75) is 70.9 Å². The predicted octanol–water partition coefficient (Wildman–Crippen LogP) is 4.06. The average Bonchev–Trinajstić information content (AvgIpc) is 2.48. The molecule has 0 spiro atoms. The predicted molar refractivity (Wildman–Crippen MR) is 88.6 cm³/mol. The summed E-state index contributed by atoms with van der Waals surface area (Å²) < 4.78 is 0. The zero-order valence-corrected chi connectivity index (χ0v) is 13.5. The van der Waals surface area contributed by atoms with Crippen LogP contribution >= 0.6 is 0 Å². The van der Waals surface area contributed by atoms with Gasteiger partial charge in [-0.3, -0.25) is 4.79 Å². The molecule has 3 heteroatoms. The standard InChI is InChI=1S/C18H28N2O/c1-13(2)15-8-7-11-17(12-15)19-14(3)18(21)20-16-9-5-4-6-10-16/h7-8,11-14,16,19H,4-6,9-10H2,1-3H3,(H,20,21). The second-order valence-electron chi connectivity index (χ2n) is 6.49. The Hall–Kier alpha value is -1.51. The number of nitrogens with one attached hydrogen (secondary N) is 2.